The minimum Gasteiger partial charge on any atom is -0.370 e. The third-order valence-corrected chi connectivity index (χ3v) is 3.58. The molecule has 118 valence electrons. The lowest BCUT2D eigenvalue weighted by Crippen LogP contribution is -2.23. The number of nitrogens with zero attached hydrogens (tertiary/aromatic N) is 3. The van der Waals surface area contributed by atoms with E-state index in [2.05, 4.69) is 64.4 Å². The van der Waals surface area contributed by atoms with Gasteiger partial charge in [-0.15, -0.1) is 0 Å². The summed E-state index contributed by atoms with van der Waals surface area (Å²) in [5.41, 5.74) is 1.29. The van der Waals surface area contributed by atoms with E-state index in [4.69, 9.17) is 0 Å². The van der Waals surface area contributed by atoms with Gasteiger partial charge in [-0.2, -0.15) is 0 Å². The van der Waals surface area contributed by atoms with E-state index in [-0.39, 0.29) is 0 Å². The molecule has 0 saturated carbocycles. The Morgan fingerprint density at radius 3 is 2.55 bits per heavy atom. The Kier molecular flexibility index (Phi) is 6.19. The lowest BCUT2D eigenvalue weighted by molar-refractivity contribution is 0.800. The van der Waals surface area contributed by atoms with E-state index in [0.29, 0.717) is 0 Å². The molecule has 0 fully saturated rings. The second-order valence-corrected chi connectivity index (χ2v) is 5.44. The summed E-state index contributed by atoms with van der Waals surface area (Å²) in [7, 11) is 0. The number of rotatable bonds is 8. The van der Waals surface area contributed by atoms with Crippen LogP contribution in [0.5, 0.6) is 0 Å². The number of anilines is 2. The largest absolute Gasteiger partial charge is 0.370 e. The smallest absolute Gasteiger partial charge is 0.134 e. The maximum absolute atomic E-state index is 4.60. The van der Waals surface area contributed by atoms with Crippen LogP contribution in [0.4, 0.5) is 11.6 Å². The summed E-state index contributed by atoms with van der Waals surface area (Å²) in [6.45, 7) is 9.03. The lowest BCUT2D eigenvalue weighted by atomic mass is 10.2. The van der Waals surface area contributed by atoms with Crippen molar-refractivity contribution in [1.82, 2.24) is 9.97 Å². The molecule has 0 aliphatic carbocycles. The van der Waals surface area contributed by atoms with Crippen LogP contribution in [-0.2, 0) is 6.54 Å². The summed E-state index contributed by atoms with van der Waals surface area (Å²) >= 11 is 0. The van der Waals surface area contributed by atoms with Gasteiger partial charge in [0.05, 0.1) is 0 Å². The molecule has 2 rings (SSSR count). The summed E-state index contributed by atoms with van der Waals surface area (Å²) < 4.78 is 0. The molecule has 0 unspecified atom stereocenters. The molecule has 2 aromatic rings. The van der Waals surface area contributed by atoms with Crippen molar-refractivity contribution in [3.8, 4) is 0 Å². The van der Waals surface area contributed by atoms with Crippen LogP contribution < -0.4 is 10.2 Å². The second kappa shape index (κ2) is 8.37. The van der Waals surface area contributed by atoms with Crippen molar-refractivity contribution < 1.29 is 0 Å². The summed E-state index contributed by atoms with van der Waals surface area (Å²) in [5.74, 6) is 2.71. The fourth-order valence-corrected chi connectivity index (χ4v) is 2.36. The normalized spacial score (nSPS) is 10.5. The van der Waals surface area contributed by atoms with Crippen LogP contribution in [0.25, 0.3) is 0 Å². The Labute approximate surface area is 133 Å². The molecule has 1 aromatic heterocycles. The van der Waals surface area contributed by atoms with Crippen LogP contribution in [0.2, 0.25) is 0 Å². The number of aryl methyl sites for hydroxylation is 1. The number of benzene rings is 1. The Morgan fingerprint density at radius 1 is 1.09 bits per heavy atom. The highest BCUT2D eigenvalue weighted by Gasteiger charge is 2.09. The van der Waals surface area contributed by atoms with Crippen LogP contribution in [-0.4, -0.2) is 23.1 Å². The zero-order valence-electron chi connectivity index (χ0n) is 13.8. The van der Waals surface area contributed by atoms with E-state index in [0.717, 1.165) is 43.5 Å². The van der Waals surface area contributed by atoms with Crippen molar-refractivity contribution in [2.75, 3.05) is 23.3 Å². The highest BCUT2D eigenvalue weighted by Crippen LogP contribution is 2.18. The Hall–Kier alpha value is -2.10. The first-order valence-corrected chi connectivity index (χ1v) is 8.11. The first-order chi connectivity index (χ1) is 10.7. The van der Waals surface area contributed by atoms with Crippen molar-refractivity contribution in [3.63, 3.8) is 0 Å². The van der Waals surface area contributed by atoms with Gasteiger partial charge < -0.3 is 10.2 Å². The molecule has 0 bridgehead atoms. The monoisotopic (exact) mass is 298 g/mol. The summed E-state index contributed by atoms with van der Waals surface area (Å²) in [6, 6.07) is 12.5. The molecule has 4 nitrogen and oxygen atoms in total. The minimum absolute atomic E-state index is 0.808. The molecule has 1 aromatic carbocycles. The van der Waals surface area contributed by atoms with Gasteiger partial charge in [0.1, 0.15) is 17.5 Å². The fourth-order valence-electron chi connectivity index (χ4n) is 2.36. The van der Waals surface area contributed by atoms with E-state index in [1.165, 1.54) is 12.0 Å². The molecular weight excluding hydrogens is 272 g/mol. The highest BCUT2D eigenvalue weighted by atomic mass is 15.2. The molecule has 1 heterocycles. The SMILES string of the molecule is CCCCNc1cc(N(CC)Cc2ccccc2)nc(C)n1. The van der Waals surface area contributed by atoms with Crippen molar-refractivity contribution in [2.24, 2.45) is 0 Å². The molecule has 0 spiro atoms. The summed E-state index contributed by atoms with van der Waals surface area (Å²) in [5, 5.41) is 3.39. The standard InChI is InChI=1S/C18H26N4/c1-4-6-12-19-17-13-18(21-15(3)20-17)22(5-2)14-16-10-8-7-9-11-16/h7-11,13H,4-6,12,14H2,1-3H3,(H,19,20,21). The van der Waals surface area contributed by atoms with E-state index < -0.39 is 0 Å². The summed E-state index contributed by atoms with van der Waals surface area (Å²) in [6.07, 6.45) is 2.33. The van der Waals surface area contributed by atoms with Crippen LogP contribution in [0, 0.1) is 6.92 Å². The lowest BCUT2D eigenvalue weighted by Gasteiger charge is -2.23. The van der Waals surface area contributed by atoms with E-state index >= 15 is 0 Å². The minimum atomic E-state index is 0.808. The molecule has 0 saturated heterocycles. The molecule has 0 aliphatic heterocycles. The predicted octanol–water partition coefficient (Wildman–Crippen LogP) is 4.02. The molecule has 0 amide bonds. The van der Waals surface area contributed by atoms with Crippen molar-refractivity contribution in [2.45, 2.75) is 40.2 Å². The first-order valence-electron chi connectivity index (χ1n) is 8.11. The van der Waals surface area contributed by atoms with Gasteiger partial charge in [0.2, 0.25) is 0 Å². The maximum Gasteiger partial charge on any atom is 0.134 e. The second-order valence-electron chi connectivity index (χ2n) is 5.44. The molecule has 4 heteroatoms. The van der Waals surface area contributed by atoms with Gasteiger partial charge >= 0.3 is 0 Å². The van der Waals surface area contributed by atoms with Gasteiger partial charge in [-0.1, -0.05) is 43.7 Å². The van der Waals surface area contributed by atoms with Crippen LogP contribution in [0.3, 0.4) is 0 Å². The van der Waals surface area contributed by atoms with Gasteiger partial charge in [0, 0.05) is 25.7 Å². The molecule has 0 radical (unpaired) electrons. The summed E-state index contributed by atoms with van der Waals surface area (Å²) in [4.78, 5) is 11.4. The van der Waals surface area contributed by atoms with Gasteiger partial charge in [-0.25, -0.2) is 9.97 Å². The third-order valence-electron chi connectivity index (χ3n) is 3.58. The zero-order valence-corrected chi connectivity index (χ0v) is 13.8. The van der Waals surface area contributed by atoms with Crippen LogP contribution in [0.15, 0.2) is 36.4 Å². The molecule has 0 atom stereocenters. The Bertz CT molecular complexity index is 569. The van der Waals surface area contributed by atoms with Crippen LogP contribution in [0.1, 0.15) is 38.1 Å². The number of hydrogen-bond acceptors (Lipinski definition) is 4. The third kappa shape index (κ3) is 4.72. The van der Waals surface area contributed by atoms with Crippen molar-refractivity contribution in [3.05, 3.63) is 47.8 Å². The zero-order chi connectivity index (χ0) is 15.8. The highest BCUT2D eigenvalue weighted by molar-refractivity contribution is 5.49. The Balaban J connectivity index is 2.14. The molecular formula is C18H26N4. The van der Waals surface area contributed by atoms with Gasteiger partial charge in [0.15, 0.2) is 0 Å². The number of unbranched alkanes of at least 4 members (excludes halogenated alkanes) is 1. The van der Waals surface area contributed by atoms with E-state index in [1.807, 2.05) is 13.0 Å². The van der Waals surface area contributed by atoms with Gasteiger partial charge in [-0.3, -0.25) is 0 Å². The van der Waals surface area contributed by atoms with Gasteiger partial charge in [0.25, 0.3) is 0 Å². The topological polar surface area (TPSA) is 41.0 Å². The average Bonchev–Trinajstić information content (AvgIpc) is 2.53. The predicted molar refractivity (Wildman–Crippen MR) is 93.3 cm³/mol. The quantitative estimate of drug-likeness (QED) is 0.747. The number of hydrogen-bond donors (Lipinski definition) is 1. The molecule has 22 heavy (non-hydrogen) atoms. The maximum atomic E-state index is 4.60. The van der Waals surface area contributed by atoms with E-state index in [1.54, 1.807) is 0 Å². The number of nitrogens with one attached hydrogen (secondary N) is 1. The van der Waals surface area contributed by atoms with Crippen LogP contribution >= 0.6 is 0 Å². The fraction of sp³-hybridized carbons (Fsp3) is 0.444. The first kappa shape index (κ1) is 16.3. The van der Waals surface area contributed by atoms with Crippen molar-refractivity contribution >= 4 is 11.6 Å². The molecule has 1 N–H and O–H groups in total. The van der Waals surface area contributed by atoms with E-state index in [9.17, 15) is 0 Å². The molecule has 0 aliphatic rings. The average molecular weight is 298 g/mol. The van der Waals surface area contributed by atoms with Gasteiger partial charge in [-0.05, 0) is 25.8 Å². The number of aromatic nitrogens is 2. The Morgan fingerprint density at radius 2 is 1.86 bits per heavy atom. The van der Waals surface area contributed by atoms with Crippen molar-refractivity contribution in [1.29, 1.82) is 0 Å².